The van der Waals surface area contributed by atoms with Crippen LogP contribution in [0, 0.1) is 17.8 Å². The number of carboxylic acid groups (broad SMARTS) is 2. The topological polar surface area (TPSA) is 551 Å². The quantitative estimate of drug-likeness (QED) is 0.0349. The summed E-state index contributed by atoms with van der Waals surface area (Å²) in [6.07, 6.45) is -0.00478. The van der Waals surface area contributed by atoms with Crippen molar-refractivity contribution in [2.45, 2.75) is 199 Å². The highest BCUT2D eigenvalue weighted by Crippen LogP contribution is 2.26. The molecule has 0 aliphatic carbocycles. The van der Waals surface area contributed by atoms with Gasteiger partial charge in [-0.2, -0.15) is 0 Å². The van der Waals surface area contributed by atoms with E-state index in [4.69, 9.17) is 5.73 Å². The average molecular weight is 1530 g/mol. The number of benzene rings is 2. The number of nitrogens with one attached hydrogen (secondary N) is 15. The van der Waals surface area contributed by atoms with Gasteiger partial charge in [0.1, 0.15) is 66.6 Å². The summed E-state index contributed by atoms with van der Waals surface area (Å²) in [7, 11) is 1.67. The van der Waals surface area contributed by atoms with Crippen LogP contribution in [0.5, 0.6) is 0 Å². The Morgan fingerprint density at radius 1 is 0.607 bits per heavy atom. The van der Waals surface area contributed by atoms with Crippen molar-refractivity contribution >= 4 is 126 Å². The monoisotopic (exact) mass is 1530 g/mol. The van der Waals surface area contributed by atoms with Gasteiger partial charge in [0.05, 0.1) is 37.5 Å². The SMILES string of the molecule is CC(=O)[C@@H](NC(=O)[C@@H]1CSSC[C@H](NC(=O)[C@@H](N)CC(=O)O)C(=O)N[C@@H](C)C(=O)N[C@@H](Cc2c[nH]c3ccccc23)C(=O)N[C@@H](Cc2cnc[nH]2)C(=O)N[C@@H](CC(C)C)C(O)NCC(=O)N[C@@H](CCC(=O)O)C(=O)N[C@@H](CC(C)C)C(=O)N[C@@H](C(C)C)C(=O)N[C@@H](Cc2c[nH]c3ccccc23)C(=O)N1)[C@@H](C)O. The normalized spacial score (nSPS) is 24.0. The van der Waals surface area contributed by atoms with Crippen molar-refractivity contribution in [3.05, 3.63) is 90.3 Å². The van der Waals surface area contributed by atoms with E-state index in [1.165, 1.54) is 26.4 Å². The molecule has 2 aromatic carbocycles. The summed E-state index contributed by atoms with van der Waals surface area (Å²) < 4.78 is 0. The first kappa shape index (κ1) is 86.0. The molecule has 0 bridgehead atoms. The molecule has 1 aliphatic rings. The van der Waals surface area contributed by atoms with Crippen LogP contribution < -0.4 is 69.5 Å². The predicted molar refractivity (Wildman–Crippen MR) is 395 cm³/mol. The van der Waals surface area contributed by atoms with Gasteiger partial charge in [0.2, 0.25) is 65.0 Å². The van der Waals surface area contributed by atoms with Crippen LogP contribution in [-0.4, -0.2) is 226 Å². The number of aliphatic hydroxyl groups is 2. The van der Waals surface area contributed by atoms with E-state index in [1.807, 2.05) is 0 Å². The summed E-state index contributed by atoms with van der Waals surface area (Å²) in [5, 5.41) is 74.3. The number of carboxylic acids is 2. The Morgan fingerprint density at radius 3 is 1.69 bits per heavy atom. The van der Waals surface area contributed by atoms with Crippen LogP contribution in [0.3, 0.4) is 0 Å². The molecule has 0 spiro atoms. The third-order valence-corrected chi connectivity index (χ3v) is 19.8. The van der Waals surface area contributed by atoms with Crippen molar-refractivity contribution in [1.82, 2.24) is 83.7 Å². The van der Waals surface area contributed by atoms with Gasteiger partial charge in [-0.25, -0.2) is 4.98 Å². The first-order chi connectivity index (χ1) is 50.6. The number of amides is 11. The second-order valence-corrected chi connectivity index (χ2v) is 30.2. The zero-order valence-electron chi connectivity index (χ0n) is 60.9. The molecule has 1 aliphatic heterocycles. The van der Waals surface area contributed by atoms with E-state index in [9.17, 15) is 82.8 Å². The fourth-order valence-corrected chi connectivity index (χ4v) is 14.0. The molecular formula is C70H99N17O18S2. The standard InChI is InChI=1S/C70H99N17O18S2/c1-33(2)20-48-62(97)75-29-55(90)78-47(18-19-56(91)92)63(98)81-49(21-34(3)4)67(102)86-58(35(5)6)70(105)83-51(23-40-27-74-46-17-13-11-15-43(40)46)65(100)85-54(69(104)87-59(37(8)88)38(9)89)31-107-106-30-53(84-61(96)44(71)25-57(93)94)68(103)77-36(7)60(95)79-50(22-39-26-73-45-16-12-10-14-42(39)45)64(99)82-52(66(101)80-48)24-41-28-72-32-76-41/h10-17,26-28,32-37,44,47-54,58-59,62,73-75,88,97H,18-25,29-31,71H2,1-9H3,(H,72,76)(H,77,103)(H,78,90)(H,79,95)(H,80,101)(H,81,98)(H,82,99)(H,83,105)(H,84,96)(H,85,100)(H,86,102)(H,87,104)(H,91,92)(H,93,94)/t36-,37+,44-,47-,48-,49-,50-,51-,52-,53-,54-,58-,59-,62?/m0/s1. The Morgan fingerprint density at radius 2 is 1.14 bits per heavy atom. The summed E-state index contributed by atoms with van der Waals surface area (Å²) in [5.41, 5.74) is 8.64. The number of carbonyl (C=O) groups is 14. The Kier molecular flexibility index (Phi) is 33.1. The molecule has 14 atom stereocenters. The minimum atomic E-state index is -1.72. The molecular weight excluding hydrogens is 1430 g/mol. The number of nitrogens with zero attached hydrogens (tertiary/aromatic N) is 1. The maximum absolute atomic E-state index is 15.1. The van der Waals surface area contributed by atoms with Gasteiger partial charge >= 0.3 is 11.9 Å². The Bertz CT molecular complexity index is 3940. The van der Waals surface area contributed by atoms with Crippen molar-refractivity contribution in [2.24, 2.45) is 23.5 Å². The zero-order chi connectivity index (χ0) is 78.9. The highest BCUT2D eigenvalue weighted by molar-refractivity contribution is 8.76. The average Bonchev–Trinajstić information content (AvgIpc) is 1.71. The van der Waals surface area contributed by atoms with E-state index in [0.29, 0.717) is 38.6 Å². The number of hydrogen-bond acceptors (Lipinski definition) is 21. The first-order valence-corrected chi connectivity index (χ1v) is 37.5. The second kappa shape index (κ2) is 41.2. The molecule has 6 rings (SSSR count). The molecule has 1 unspecified atom stereocenters. The van der Waals surface area contributed by atoms with Crippen molar-refractivity contribution in [2.75, 3.05) is 18.1 Å². The van der Waals surface area contributed by atoms with Gasteiger partial charge < -0.3 is 99.6 Å². The lowest BCUT2D eigenvalue weighted by atomic mass is 9.98. The minimum Gasteiger partial charge on any atom is -0.481 e. The smallest absolute Gasteiger partial charge is 0.305 e. The molecule has 107 heavy (non-hydrogen) atoms. The highest BCUT2D eigenvalue weighted by Gasteiger charge is 2.38. The number of aromatic amines is 3. The third-order valence-electron chi connectivity index (χ3n) is 17.4. The molecule has 584 valence electrons. The minimum absolute atomic E-state index is 0.0593. The van der Waals surface area contributed by atoms with Crippen molar-refractivity contribution in [1.29, 1.82) is 0 Å². The summed E-state index contributed by atoms with van der Waals surface area (Å²) in [5.74, 6) is -16.3. The van der Waals surface area contributed by atoms with Gasteiger partial charge in [-0.15, -0.1) is 0 Å². The van der Waals surface area contributed by atoms with Crippen LogP contribution in [0.1, 0.15) is 111 Å². The van der Waals surface area contributed by atoms with Gasteiger partial charge in [-0.3, -0.25) is 72.4 Å². The summed E-state index contributed by atoms with van der Waals surface area (Å²) in [4.78, 5) is 209. The molecule has 37 heteroatoms. The van der Waals surface area contributed by atoms with Crippen LogP contribution in [0.2, 0.25) is 0 Å². The Hall–Kier alpha value is -9.95. The number of aromatic nitrogens is 4. The number of H-pyrrole nitrogens is 3. The van der Waals surface area contributed by atoms with Crippen molar-refractivity contribution in [3.8, 4) is 0 Å². The Labute approximate surface area is 624 Å². The fourth-order valence-electron chi connectivity index (χ4n) is 11.7. The number of para-hydroxylation sites is 2. The van der Waals surface area contributed by atoms with Gasteiger partial charge in [0.25, 0.3) is 0 Å². The molecule has 3 aromatic heterocycles. The fraction of sp³-hybridized carbons (Fsp3) is 0.529. The number of nitrogens with two attached hydrogens (primary N) is 1. The number of aliphatic hydroxyl groups excluding tert-OH is 2. The maximum atomic E-state index is 15.1. The summed E-state index contributed by atoms with van der Waals surface area (Å²) in [6.45, 7) is 13.1. The number of aliphatic carboxylic acids is 2. The lowest BCUT2D eigenvalue weighted by Gasteiger charge is -2.30. The number of rotatable bonds is 22. The van der Waals surface area contributed by atoms with E-state index in [2.05, 4.69) is 83.7 Å². The van der Waals surface area contributed by atoms with Crippen LogP contribution in [0.4, 0.5) is 0 Å². The van der Waals surface area contributed by atoms with E-state index in [1.54, 1.807) is 102 Å². The predicted octanol–water partition coefficient (Wildman–Crippen LogP) is -1.56. The lowest BCUT2D eigenvalue weighted by molar-refractivity contribution is -0.140. The van der Waals surface area contributed by atoms with E-state index in [0.717, 1.165) is 28.5 Å². The van der Waals surface area contributed by atoms with Crippen LogP contribution in [0.25, 0.3) is 21.8 Å². The molecule has 5 aromatic rings. The third kappa shape index (κ3) is 26.8. The van der Waals surface area contributed by atoms with E-state index in [-0.39, 0.29) is 43.9 Å². The van der Waals surface area contributed by atoms with E-state index < -0.39 is 211 Å². The number of carbonyl (C=O) groups excluding carboxylic acids is 12. The number of fused-ring (bicyclic) bond motifs is 2. The molecule has 0 saturated carbocycles. The van der Waals surface area contributed by atoms with Crippen molar-refractivity contribution in [3.63, 3.8) is 0 Å². The molecule has 11 amide bonds. The molecule has 0 radical (unpaired) electrons. The van der Waals surface area contributed by atoms with Gasteiger partial charge in [-0.1, -0.05) is 99.5 Å². The number of Topliss-reactive ketones (excluding diaryl/α,β-unsaturated/α-hetero) is 1. The molecule has 1 fully saturated rings. The number of imidazole rings is 1. The number of ketones is 1. The lowest BCUT2D eigenvalue weighted by Crippen LogP contribution is -2.61. The zero-order valence-corrected chi connectivity index (χ0v) is 62.5. The Balaban J connectivity index is 1.44. The van der Waals surface area contributed by atoms with Crippen LogP contribution >= 0.6 is 21.6 Å². The molecule has 4 heterocycles. The summed E-state index contributed by atoms with van der Waals surface area (Å²) >= 11 is 0. The van der Waals surface area contributed by atoms with Crippen LogP contribution in [0.15, 0.2) is 73.4 Å². The van der Waals surface area contributed by atoms with Gasteiger partial charge in [0, 0.05) is 83.3 Å². The molecule has 21 N–H and O–H groups in total. The maximum Gasteiger partial charge on any atom is 0.305 e. The highest BCUT2D eigenvalue weighted by atomic mass is 33.1. The first-order valence-electron chi connectivity index (χ1n) is 35.0. The number of hydrogen-bond donors (Lipinski definition) is 20. The molecule has 1 saturated heterocycles. The second-order valence-electron chi connectivity index (χ2n) is 27.6. The van der Waals surface area contributed by atoms with Crippen LogP contribution in [-0.2, 0) is 86.4 Å². The van der Waals surface area contributed by atoms with E-state index >= 15 is 4.79 Å². The summed E-state index contributed by atoms with van der Waals surface area (Å²) in [6, 6.07) is -4.33. The van der Waals surface area contributed by atoms with Gasteiger partial charge in [0.15, 0.2) is 5.78 Å². The largest absolute Gasteiger partial charge is 0.481 e. The van der Waals surface area contributed by atoms with Crippen molar-refractivity contribution < 1.29 is 87.5 Å². The van der Waals surface area contributed by atoms with Gasteiger partial charge in [-0.05, 0) is 81.0 Å². The molecule has 35 nitrogen and oxygen atoms in total.